The Labute approximate surface area is 111 Å². The highest BCUT2D eigenvalue weighted by atomic mass is 35.5. The number of ketones is 1. The van der Waals surface area contributed by atoms with Crippen molar-refractivity contribution < 1.29 is 4.79 Å². The zero-order valence-electron chi connectivity index (χ0n) is 9.51. The number of halogens is 2. The van der Waals surface area contributed by atoms with Crippen molar-refractivity contribution in [3.63, 3.8) is 0 Å². The second-order valence-electron chi connectivity index (χ2n) is 4.44. The molecule has 2 rings (SSSR count). The van der Waals surface area contributed by atoms with Gasteiger partial charge in [-0.15, -0.1) is 0 Å². The van der Waals surface area contributed by atoms with Gasteiger partial charge in [0.05, 0.1) is 5.02 Å². The van der Waals surface area contributed by atoms with Crippen molar-refractivity contribution in [3.05, 3.63) is 33.8 Å². The predicted molar refractivity (Wildman–Crippen MR) is 71.0 cm³/mol. The summed E-state index contributed by atoms with van der Waals surface area (Å²) in [5, 5.41) is 4.34. The van der Waals surface area contributed by atoms with E-state index < -0.39 is 0 Å². The lowest BCUT2D eigenvalue weighted by Gasteiger charge is -2.08. The normalized spacial score (nSPS) is 19.5. The number of carbonyl (C=O) groups excluding carboxylic acids is 1. The summed E-state index contributed by atoms with van der Waals surface area (Å²) < 4.78 is 0. The van der Waals surface area contributed by atoms with E-state index in [4.69, 9.17) is 23.2 Å². The maximum atomic E-state index is 12.0. The van der Waals surface area contributed by atoms with E-state index in [9.17, 15) is 4.79 Å². The smallest absolute Gasteiger partial charge is 0.164 e. The average Bonchev–Trinajstić information content (AvgIpc) is 2.82. The van der Waals surface area contributed by atoms with E-state index >= 15 is 0 Å². The average molecular weight is 272 g/mol. The van der Waals surface area contributed by atoms with Crippen molar-refractivity contribution >= 4 is 29.0 Å². The van der Waals surface area contributed by atoms with Gasteiger partial charge in [0.1, 0.15) is 0 Å². The van der Waals surface area contributed by atoms with Crippen LogP contribution in [-0.2, 0) is 0 Å². The first kappa shape index (κ1) is 12.9. The van der Waals surface area contributed by atoms with Gasteiger partial charge in [0.2, 0.25) is 0 Å². The molecule has 0 spiro atoms. The highest BCUT2D eigenvalue weighted by Crippen LogP contribution is 2.24. The monoisotopic (exact) mass is 271 g/mol. The van der Waals surface area contributed by atoms with Crippen LogP contribution >= 0.6 is 23.2 Å². The lowest BCUT2D eigenvalue weighted by atomic mass is 9.98. The van der Waals surface area contributed by atoms with Crippen LogP contribution in [0.2, 0.25) is 10.0 Å². The number of benzene rings is 1. The van der Waals surface area contributed by atoms with Gasteiger partial charge in [0, 0.05) is 17.0 Å². The third-order valence-electron chi connectivity index (χ3n) is 3.17. The minimum absolute atomic E-state index is 0.0874. The van der Waals surface area contributed by atoms with Gasteiger partial charge in [0.25, 0.3) is 0 Å². The SMILES string of the molecule is O=C(CCC1CCNC1)c1cc(Cl)ccc1Cl. The minimum atomic E-state index is 0.0874. The van der Waals surface area contributed by atoms with Gasteiger partial charge in [-0.2, -0.15) is 0 Å². The molecule has 1 N–H and O–H groups in total. The third-order valence-corrected chi connectivity index (χ3v) is 3.74. The highest BCUT2D eigenvalue weighted by Gasteiger charge is 2.17. The first-order chi connectivity index (χ1) is 8.16. The highest BCUT2D eigenvalue weighted by molar-refractivity contribution is 6.35. The molecule has 0 saturated carbocycles. The van der Waals surface area contributed by atoms with Gasteiger partial charge < -0.3 is 5.32 Å². The van der Waals surface area contributed by atoms with E-state index in [0.29, 0.717) is 27.9 Å². The molecule has 92 valence electrons. The fourth-order valence-electron chi connectivity index (χ4n) is 2.14. The number of Topliss-reactive ketones (excluding diaryl/α,β-unsaturated/α-hetero) is 1. The first-order valence-corrected chi connectivity index (χ1v) is 6.61. The van der Waals surface area contributed by atoms with E-state index in [1.165, 1.54) is 0 Å². The molecule has 0 aromatic heterocycles. The Morgan fingerprint density at radius 1 is 1.41 bits per heavy atom. The van der Waals surface area contributed by atoms with Crippen LogP contribution in [0, 0.1) is 5.92 Å². The van der Waals surface area contributed by atoms with E-state index in [1.807, 2.05) is 0 Å². The zero-order chi connectivity index (χ0) is 12.3. The molecule has 1 aromatic carbocycles. The van der Waals surface area contributed by atoms with Gasteiger partial charge >= 0.3 is 0 Å². The van der Waals surface area contributed by atoms with Crippen LogP contribution in [0.1, 0.15) is 29.6 Å². The van der Waals surface area contributed by atoms with Crippen LogP contribution in [0.25, 0.3) is 0 Å². The fourth-order valence-corrected chi connectivity index (χ4v) is 2.54. The van der Waals surface area contributed by atoms with Gasteiger partial charge in [-0.05, 0) is 50.0 Å². The Kier molecular flexibility index (Phi) is 4.43. The summed E-state index contributed by atoms with van der Waals surface area (Å²) in [6, 6.07) is 5.02. The Bertz CT molecular complexity index is 414. The summed E-state index contributed by atoms with van der Waals surface area (Å²) in [6.45, 7) is 2.09. The molecule has 17 heavy (non-hydrogen) atoms. The molecule has 0 aliphatic carbocycles. The maximum absolute atomic E-state index is 12.0. The molecular formula is C13H15Cl2NO. The van der Waals surface area contributed by atoms with Gasteiger partial charge in [0.15, 0.2) is 5.78 Å². The fraction of sp³-hybridized carbons (Fsp3) is 0.462. The molecule has 1 aromatic rings. The van der Waals surface area contributed by atoms with Crippen LogP contribution < -0.4 is 5.32 Å². The van der Waals surface area contributed by atoms with Crippen molar-refractivity contribution in [3.8, 4) is 0 Å². The lowest BCUT2D eigenvalue weighted by molar-refractivity contribution is 0.0975. The second kappa shape index (κ2) is 5.85. The number of hydrogen-bond donors (Lipinski definition) is 1. The summed E-state index contributed by atoms with van der Waals surface area (Å²) in [5.41, 5.74) is 0.546. The third kappa shape index (κ3) is 3.44. The number of rotatable bonds is 4. The Hall–Kier alpha value is -0.570. The largest absolute Gasteiger partial charge is 0.316 e. The Balaban J connectivity index is 1.96. The lowest BCUT2D eigenvalue weighted by Crippen LogP contribution is -2.10. The molecule has 0 amide bonds. The predicted octanol–water partition coefficient (Wildman–Crippen LogP) is 3.57. The van der Waals surface area contributed by atoms with Crippen molar-refractivity contribution in [1.29, 1.82) is 0 Å². The molecule has 0 radical (unpaired) electrons. The summed E-state index contributed by atoms with van der Waals surface area (Å²) in [4.78, 5) is 12.0. The molecule has 1 aliphatic rings. The standard InChI is InChI=1S/C13H15Cl2NO/c14-10-2-3-12(15)11(7-10)13(17)4-1-9-5-6-16-8-9/h2-3,7,9,16H,1,4-6,8H2. The molecule has 0 bridgehead atoms. The molecule has 1 saturated heterocycles. The molecule has 1 unspecified atom stereocenters. The molecule has 2 nitrogen and oxygen atoms in total. The Morgan fingerprint density at radius 3 is 2.94 bits per heavy atom. The van der Waals surface area contributed by atoms with Gasteiger partial charge in [-0.1, -0.05) is 23.2 Å². The molecular weight excluding hydrogens is 257 g/mol. The van der Waals surface area contributed by atoms with E-state index in [1.54, 1.807) is 18.2 Å². The summed E-state index contributed by atoms with van der Waals surface area (Å²) in [6.07, 6.45) is 2.64. The van der Waals surface area contributed by atoms with Crippen molar-refractivity contribution in [1.82, 2.24) is 5.32 Å². The molecule has 1 fully saturated rings. The van der Waals surface area contributed by atoms with Crippen molar-refractivity contribution in [2.24, 2.45) is 5.92 Å². The van der Waals surface area contributed by atoms with E-state index in [-0.39, 0.29) is 5.78 Å². The molecule has 1 aliphatic heterocycles. The minimum Gasteiger partial charge on any atom is -0.316 e. The molecule has 4 heteroatoms. The van der Waals surface area contributed by atoms with Crippen LogP contribution in [0.15, 0.2) is 18.2 Å². The Morgan fingerprint density at radius 2 is 2.24 bits per heavy atom. The van der Waals surface area contributed by atoms with Crippen molar-refractivity contribution in [2.45, 2.75) is 19.3 Å². The number of nitrogens with one attached hydrogen (secondary N) is 1. The summed E-state index contributed by atoms with van der Waals surface area (Å²) >= 11 is 11.9. The zero-order valence-corrected chi connectivity index (χ0v) is 11.0. The topological polar surface area (TPSA) is 29.1 Å². The van der Waals surface area contributed by atoms with Crippen LogP contribution in [0.5, 0.6) is 0 Å². The molecule has 1 atom stereocenters. The summed E-state index contributed by atoms with van der Waals surface area (Å²) in [5.74, 6) is 0.710. The van der Waals surface area contributed by atoms with E-state index in [2.05, 4.69) is 5.32 Å². The van der Waals surface area contributed by atoms with Crippen LogP contribution in [-0.4, -0.2) is 18.9 Å². The van der Waals surface area contributed by atoms with Crippen LogP contribution in [0.4, 0.5) is 0 Å². The van der Waals surface area contributed by atoms with E-state index in [0.717, 1.165) is 25.9 Å². The quantitative estimate of drug-likeness (QED) is 0.849. The second-order valence-corrected chi connectivity index (χ2v) is 5.29. The van der Waals surface area contributed by atoms with Gasteiger partial charge in [-0.25, -0.2) is 0 Å². The van der Waals surface area contributed by atoms with Crippen LogP contribution in [0.3, 0.4) is 0 Å². The van der Waals surface area contributed by atoms with Gasteiger partial charge in [-0.3, -0.25) is 4.79 Å². The summed E-state index contributed by atoms with van der Waals surface area (Å²) in [7, 11) is 0. The number of hydrogen-bond acceptors (Lipinski definition) is 2. The first-order valence-electron chi connectivity index (χ1n) is 5.86. The number of carbonyl (C=O) groups is 1. The van der Waals surface area contributed by atoms with Crippen molar-refractivity contribution in [2.75, 3.05) is 13.1 Å². The molecule has 1 heterocycles. The maximum Gasteiger partial charge on any atom is 0.164 e.